The molecule has 11 heavy (non-hydrogen) atoms. The minimum absolute atomic E-state index is 0.00479. The highest BCUT2D eigenvalue weighted by Crippen LogP contribution is 2.14. The van der Waals surface area contributed by atoms with Crippen molar-refractivity contribution < 1.29 is 0 Å². The van der Waals surface area contributed by atoms with Gasteiger partial charge in [0.1, 0.15) is 0 Å². The lowest BCUT2D eigenvalue weighted by molar-refractivity contribution is 0.435. The molecule has 0 aromatic heterocycles. The normalized spacial score (nSPS) is 28.6. The summed E-state index contributed by atoms with van der Waals surface area (Å²) in [5, 5.41) is 6.69. The van der Waals surface area contributed by atoms with Gasteiger partial charge in [0, 0.05) is 0 Å². The van der Waals surface area contributed by atoms with Crippen molar-refractivity contribution in [2.24, 2.45) is 0 Å². The molecule has 0 saturated carbocycles. The molecule has 1 unspecified atom stereocenters. The molecule has 1 fully saturated rings. The van der Waals surface area contributed by atoms with E-state index in [9.17, 15) is 0 Å². The Labute approximate surface area is 73.7 Å². The van der Waals surface area contributed by atoms with Gasteiger partial charge in [-0.1, -0.05) is 25.6 Å². The van der Waals surface area contributed by atoms with E-state index in [-0.39, 0.29) is 5.54 Å². The van der Waals surface area contributed by atoms with Gasteiger partial charge in [-0.2, -0.15) is 0 Å². The third-order valence-electron chi connectivity index (χ3n) is 1.99. The first-order valence-corrected chi connectivity index (χ1v) is 4.56. The molecule has 1 heterocycles. The second-order valence-electron chi connectivity index (χ2n) is 3.58. The molecule has 1 aliphatic heterocycles. The number of hydrogen-bond donors (Lipinski definition) is 2. The van der Waals surface area contributed by atoms with Crippen molar-refractivity contribution in [3.8, 4) is 0 Å². The maximum absolute atomic E-state index is 5.17. The molecule has 0 aliphatic carbocycles. The Kier molecular flexibility index (Phi) is 2.50. The van der Waals surface area contributed by atoms with Gasteiger partial charge in [-0.05, 0) is 20.3 Å². The van der Waals surface area contributed by atoms with E-state index in [1.807, 2.05) is 0 Å². The summed E-state index contributed by atoms with van der Waals surface area (Å²) in [7, 11) is 0. The molecule has 2 nitrogen and oxygen atoms in total. The van der Waals surface area contributed by atoms with Crippen LogP contribution in [0.15, 0.2) is 0 Å². The molecule has 1 aliphatic rings. The van der Waals surface area contributed by atoms with Gasteiger partial charge < -0.3 is 5.32 Å². The van der Waals surface area contributed by atoms with Gasteiger partial charge >= 0.3 is 0 Å². The fourth-order valence-electron chi connectivity index (χ4n) is 1.31. The van der Waals surface area contributed by atoms with E-state index in [2.05, 4.69) is 31.4 Å². The number of hydrogen-bond acceptors (Lipinski definition) is 2. The molecule has 0 aromatic carbocycles. The van der Waals surface area contributed by atoms with Crippen LogP contribution in [-0.2, 0) is 0 Å². The van der Waals surface area contributed by atoms with Crippen LogP contribution in [0.3, 0.4) is 0 Å². The molecule has 0 spiro atoms. The van der Waals surface area contributed by atoms with Crippen LogP contribution in [0.1, 0.15) is 33.6 Å². The van der Waals surface area contributed by atoms with Crippen molar-refractivity contribution in [1.82, 2.24) is 10.6 Å². The molecular formula is C8H16N2S. The van der Waals surface area contributed by atoms with Crippen LogP contribution in [-0.4, -0.2) is 16.7 Å². The first-order valence-electron chi connectivity index (χ1n) is 4.15. The standard InChI is InChI=1S/C8H16N2S/c1-4-5-6-9-7(11)8(2,3)10-6/h6,10H,4-5H2,1-3H3,(H,9,11). The van der Waals surface area contributed by atoms with Crippen LogP contribution in [0.4, 0.5) is 0 Å². The van der Waals surface area contributed by atoms with E-state index >= 15 is 0 Å². The number of rotatable bonds is 2. The average Bonchev–Trinajstić information content (AvgIpc) is 2.08. The fraction of sp³-hybridized carbons (Fsp3) is 0.875. The average molecular weight is 172 g/mol. The molecule has 0 aromatic rings. The summed E-state index contributed by atoms with van der Waals surface area (Å²) in [5.41, 5.74) is -0.00479. The van der Waals surface area contributed by atoms with Gasteiger partial charge in [0.05, 0.1) is 16.7 Å². The van der Waals surface area contributed by atoms with Gasteiger partial charge in [-0.3, -0.25) is 5.32 Å². The Bertz CT molecular complexity index is 165. The molecular weight excluding hydrogens is 156 g/mol. The van der Waals surface area contributed by atoms with Crippen LogP contribution < -0.4 is 10.6 Å². The topological polar surface area (TPSA) is 24.1 Å². The highest BCUT2D eigenvalue weighted by Gasteiger charge is 2.33. The highest BCUT2D eigenvalue weighted by molar-refractivity contribution is 7.80. The van der Waals surface area contributed by atoms with E-state index in [1.165, 1.54) is 6.42 Å². The van der Waals surface area contributed by atoms with Crippen molar-refractivity contribution in [3.05, 3.63) is 0 Å². The third kappa shape index (κ3) is 1.91. The van der Waals surface area contributed by atoms with Crippen LogP contribution in [0, 0.1) is 0 Å². The molecule has 1 atom stereocenters. The molecule has 0 amide bonds. The van der Waals surface area contributed by atoms with E-state index in [0.29, 0.717) is 6.17 Å². The van der Waals surface area contributed by atoms with Gasteiger partial charge in [0.15, 0.2) is 0 Å². The minimum atomic E-state index is -0.00479. The second kappa shape index (κ2) is 3.07. The molecule has 0 radical (unpaired) electrons. The van der Waals surface area contributed by atoms with Gasteiger partial charge in [0.25, 0.3) is 0 Å². The summed E-state index contributed by atoms with van der Waals surface area (Å²) in [4.78, 5) is 0.941. The molecule has 1 rings (SSSR count). The lowest BCUT2D eigenvalue weighted by Gasteiger charge is -2.17. The second-order valence-corrected chi connectivity index (χ2v) is 3.99. The summed E-state index contributed by atoms with van der Waals surface area (Å²) in [6.45, 7) is 6.40. The quantitative estimate of drug-likeness (QED) is 0.616. The smallest absolute Gasteiger partial charge is 0.0964 e. The lowest BCUT2D eigenvalue weighted by Crippen LogP contribution is -2.40. The Balaban J connectivity index is 2.50. The third-order valence-corrected chi connectivity index (χ3v) is 2.61. The van der Waals surface area contributed by atoms with Crippen LogP contribution >= 0.6 is 12.2 Å². The highest BCUT2D eigenvalue weighted by atomic mass is 32.1. The van der Waals surface area contributed by atoms with Crippen LogP contribution in [0.2, 0.25) is 0 Å². The summed E-state index contributed by atoms with van der Waals surface area (Å²) in [6, 6.07) is 0. The van der Waals surface area contributed by atoms with Crippen molar-refractivity contribution in [1.29, 1.82) is 0 Å². The largest absolute Gasteiger partial charge is 0.363 e. The first kappa shape index (κ1) is 8.94. The van der Waals surface area contributed by atoms with E-state index < -0.39 is 0 Å². The Hall–Kier alpha value is -0.150. The Morgan fingerprint density at radius 1 is 1.55 bits per heavy atom. The summed E-state index contributed by atoms with van der Waals surface area (Å²) in [6.07, 6.45) is 2.72. The van der Waals surface area contributed by atoms with Gasteiger partial charge in [-0.15, -0.1) is 0 Å². The molecule has 1 saturated heterocycles. The Morgan fingerprint density at radius 3 is 2.55 bits per heavy atom. The van der Waals surface area contributed by atoms with Gasteiger partial charge in [0.2, 0.25) is 0 Å². The fourth-order valence-corrected chi connectivity index (χ4v) is 1.51. The number of thiocarbonyl (C=S) groups is 1. The zero-order chi connectivity index (χ0) is 8.48. The minimum Gasteiger partial charge on any atom is -0.363 e. The predicted octanol–water partition coefficient (Wildman–Crippen LogP) is 1.41. The maximum Gasteiger partial charge on any atom is 0.0964 e. The summed E-state index contributed by atoms with van der Waals surface area (Å²) in [5.74, 6) is 0. The zero-order valence-corrected chi connectivity index (χ0v) is 8.22. The van der Waals surface area contributed by atoms with Crippen molar-refractivity contribution in [2.45, 2.75) is 45.3 Å². The SMILES string of the molecule is CCCC1NC(=S)C(C)(C)N1. The maximum atomic E-state index is 5.17. The van der Waals surface area contributed by atoms with Crippen LogP contribution in [0.5, 0.6) is 0 Å². The van der Waals surface area contributed by atoms with Crippen molar-refractivity contribution in [2.75, 3.05) is 0 Å². The molecule has 64 valence electrons. The Morgan fingerprint density at radius 2 is 2.18 bits per heavy atom. The first-order chi connectivity index (χ1) is 5.06. The molecule has 3 heteroatoms. The lowest BCUT2D eigenvalue weighted by atomic mass is 10.1. The number of nitrogens with one attached hydrogen (secondary N) is 2. The van der Waals surface area contributed by atoms with Crippen LogP contribution in [0.25, 0.3) is 0 Å². The summed E-state index contributed by atoms with van der Waals surface area (Å²) < 4.78 is 0. The molecule has 2 N–H and O–H groups in total. The van der Waals surface area contributed by atoms with E-state index in [0.717, 1.165) is 11.4 Å². The zero-order valence-electron chi connectivity index (χ0n) is 7.40. The van der Waals surface area contributed by atoms with Crippen molar-refractivity contribution in [3.63, 3.8) is 0 Å². The molecule has 0 bridgehead atoms. The van der Waals surface area contributed by atoms with E-state index in [1.54, 1.807) is 0 Å². The van der Waals surface area contributed by atoms with Crippen molar-refractivity contribution >= 4 is 17.2 Å². The predicted molar refractivity (Wildman–Crippen MR) is 51.6 cm³/mol. The summed E-state index contributed by atoms with van der Waals surface area (Å²) >= 11 is 5.17. The monoisotopic (exact) mass is 172 g/mol. The van der Waals surface area contributed by atoms with E-state index in [4.69, 9.17) is 12.2 Å². The van der Waals surface area contributed by atoms with Gasteiger partial charge in [-0.25, -0.2) is 0 Å².